The molecule has 16 atom stereocenters. The lowest BCUT2D eigenvalue weighted by atomic mass is 9.38. The first kappa shape index (κ1) is 31.8. The van der Waals surface area contributed by atoms with Crippen LogP contribution in [0.2, 0.25) is 0 Å². The summed E-state index contributed by atoms with van der Waals surface area (Å²) in [6.07, 6.45) is -6.98. The summed E-state index contributed by atoms with van der Waals surface area (Å²) in [5.41, 5.74) is -1.60. The molecule has 0 aromatic heterocycles. The van der Waals surface area contributed by atoms with Crippen molar-refractivity contribution in [2.24, 2.45) is 40.4 Å². The predicted octanol–water partition coefficient (Wildman–Crippen LogP) is 0.528. The van der Waals surface area contributed by atoms with Crippen LogP contribution in [0.1, 0.15) is 47.5 Å². The smallest absolute Gasteiger partial charge is 0.303 e. The molecule has 2 saturated heterocycles. The largest absolute Gasteiger partial charge is 0.493 e. The van der Waals surface area contributed by atoms with Gasteiger partial charge in [-0.05, 0) is 36.2 Å². The third kappa shape index (κ3) is 4.56. The molecule has 42 heavy (non-hydrogen) atoms. The van der Waals surface area contributed by atoms with Gasteiger partial charge in [-0.1, -0.05) is 27.7 Å². The van der Waals surface area contributed by atoms with Crippen LogP contribution in [-0.2, 0) is 38.0 Å². The highest BCUT2D eigenvalue weighted by Crippen LogP contribution is 2.69. The molecule has 0 unspecified atom stereocenters. The van der Waals surface area contributed by atoms with Gasteiger partial charge in [0.25, 0.3) is 0 Å². The number of allylic oxidation sites excluding steroid dienone is 2. The van der Waals surface area contributed by atoms with Crippen molar-refractivity contribution in [2.75, 3.05) is 20.8 Å². The Balaban J connectivity index is 1.56. The van der Waals surface area contributed by atoms with E-state index < -0.39 is 84.6 Å². The van der Waals surface area contributed by atoms with E-state index in [4.69, 9.17) is 28.4 Å². The normalized spacial score (nSPS) is 52.1. The van der Waals surface area contributed by atoms with Gasteiger partial charge in [-0.15, -0.1) is 0 Å². The number of ketones is 1. The topological polar surface area (TPSA) is 170 Å². The van der Waals surface area contributed by atoms with Gasteiger partial charge in [-0.3, -0.25) is 9.59 Å². The van der Waals surface area contributed by atoms with Crippen molar-refractivity contribution in [3.63, 3.8) is 0 Å². The lowest BCUT2D eigenvalue weighted by Gasteiger charge is -2.69. The van der Waals surface area contributed by atoms with Crippen molar-refractivity contribution in [1.82, 2.24) is 0 Å². The molecule has 4 N–H and O–H groups in total. The molecule has 238 valence electrons. The average Bonchev–Trinajstić information content (AvgIpc) is 2.93. The Kier molecular flexibility index (Phi) is 8.60. The fourth-order valence-corrected chi connectivity index (χ4v) is 9.39. The fraction of sp³-hybridized carbons (Fsp3) is 0.867. The van der Waals surface area contributed by atoms with Crippen molar-refractivity contribution in [3.05, 3.63) is 11.8 Å². The Bertz CT molecular complexity index is 1080. The second kappa shape index (κ2) is 11.4. The standard InChI is InChI=1S/C30H46O12/c1-12-8-17(37-6)27(36)30(5)15(12)9-19-29(4)16(13(2)24(38-7)25(26(29)30)39-14(3)32)10-20(41-19)42-28-23(35)22(34)21(33)18(11-31)40-28/h8,12-13,15-16,18-26,28,31,33-35H,9-11H2,1-7H3/t12-,13-,15+,16+,18-,19-,20+,21-,22+,23-,24+,25-,26+,28+,29-,30+/m1/s1. The lowest BCUT2D eigenvalue weighted by Crippen LogP contribution is -2.74. The van der Waals surface area contributed by atoms with Crippen LogP contribution in [0.15, 0.2) is 11.8 Å². The Hall–Kier alpha value is -1.64. The first-order valence-electron chi connectivity index (χ1n) is 14.9. The summed E-state index contributed by atoms with van der Waals surface area (Å²) in [4.78, 5) is 26.7. The van der Waals surface area contributed by atoms with Crippen molar-refractivity contribution in [2.45, 2.75) is 103 Å². The van der Waals surface area contributed by atoms with Crippen LogP contribution in [0.4, 0.5) is 0 Å². The van der Waals surface area contributed by atoms with Crippen molar-refractivity contribution >= 4 is 11.8 Å². The molecule has 5 rings (SSSR count). The van der Waals surface area contributed by atoms with E-state index in [2.05, 4.69) is 6.92 Å². The summed E-state index contributed by atoms with van der Waals surface area (Å²) in [6.45, 7) is 8.92. The lowest BCUT2D eigenvalue weighted by molar-refractivity contribution is -0.380. The molecular weight excluding hydrogens is 552 g/mol. The molecule has 4 fully saturated rings. The van der Waals surface area contributed by atoms with Gasteiger partial charge in [0.1, 0.15) is 30.5 Å². The minimum atomic E-state index is -1.58. The van der Waals surface area contributed by atoms with Crippen molar-refractivity contribution in [3.8, 4) is 0 Å². The third-order valence-electron chi connectivity index (χ3n) is 11.3. The molecule has 0 spiro atoms. The van der Waals surface area contributed by atoms with E-state index in [-0.39, 0.29) is 29.5 Å². The average molecular weight is 599 g/mol. The molecule has 12 heteroatoms. The van der Waals surface area contributed by atoms with Gasteiger partial charge in [0.05, 0.1) is 25.9 Å². The number of ether oxygens (including phenoxy) is 6. The third-order valence-corrected chi connectivity index (χ3v) is 11.3. The number of esters is 1. The SMILES string of the molecule is COC1=C[C@@H](C)[C@@H]2C[C@H]3O[C@@H](O[C@@H]4O[C@H](CO)[C@@H](O)[C@H](O)[C@H]4O)C[C@H]4[C@@H](C)[C@H](OC)[C@@H](OC(C)=O)[C@H]([C@@]2(C)C1=O)[C@@]34C. The summed E-state index contributed by atoms with van der Waals surface area (Å²) in [7, 11) is 3.07. The zero-order valence-electron chi connectivity index (χ0n) is 25.3. The molecular formula is C30H46O12. The molecule has 0 amide bonds. The number of aliphatic hydroxyl groups excluding tert-OH is 4. The van der Waals surface area contributed by atoms with Gasteiger partial charge in [-0.2, -0.15) is 0 Å². The van der Waals surface area contributed by atoms with Crippen molar-refractivity contribution < 1.29 is 58.4 Å². The van der Waals surface area contributed by atoms with Gasteiger partial charge >= 0.3 is 5.97 Å². The molecule has 2 saturated carbocycles. The molecule has 2 heterocycles. The first-order chi connectivity index (χ1) is 19.7. The fourth-order valence-electron chi connectivity index (χ4n) is 9.39. The first-order valence-corrected chi connectivity index (χ1v) is 14.9. The molecule has 12 nitrogen and oxygen atoms in total. The highest BCUT2D eigenvalue weighted by molar-refractivity contribution is 5.99. The number of carbonyl (C=O) groups excluding carboxylic acids is 2. The maximum Gasteiger partial charge on any atom is 0.303 e. The molecule has 0 aromatic rings. The van der Waals surface area contributed by atoms with Gasteiger partial charge < -0.3 is 48.8 Å². The van der Waals surface area contributed by atoms with E-state index in [1.807, 2.05) is 26.8 Å². The zero-order valence-corrected chi connectivity index (χ0v) is 25.3. The number of rotatable bonds is 6. The number of Topliss-reactive ketones (excluding diaryl/α,β-unsaturated/α-hetero) is 1. The van der Waals surface area contributed by atoms with Crippen molar-refractivity contribution in [1.29, 1.82) is 0 Å². The number of hydrogen-bond donors (Lipinski definition) is 4. The van der Waals surface area contributed by atoms with E-state index in [1.165, 1.54) is 14.0 Å². The van der Waals surface area contributed by atoms with Crippen LogP contribution in [0.3, 0.4) is 0 Å². The van der Waals surface area contributed by atoms with Crippen LogP contribution in [0, 0.1) is 40.4 Å². The summed E-state index contributed by atoms with van der Waals surface area (Å²) >= 11 is 0. The second-order valence-corrected chi connectivity index (χ2v) is 13.3. The van der Waals surface area contributed by atoms with Crippen LogP contribution >= 0.6 is 0 Å². The van der Waals surface area contributed by atoms with E-state index in [9.17, 15) is 30.0 Å². The zero-order chi connectivity index (χ0) is 30.9. The highest BCUT2D eigenvalue weighted by Gasteiger charge is 2.73. The van der Waals surface area contributed by atoms with E-state index in [0.29, 0.717) is 18.6 Å². The van der Waals surface area contributed by atoms with E-state index >= 15 is 0 Å². The summed E-state index contributed by atoms with van der Waals surface area (Å²) in [6, 6.07) is 0. The molecule has 0 bridgehead atoms. The van der Waals surface area contributed by atoms with Crippen LogP contribution < -0.4 is 0 Å². The summed E-state index contributed by atoms with van der Waals surface area (Å²) in [5.74, 6) is -1.29. The Labute approximate surface area is 246 Å². The predicted molar refractivity (Wildman–Crippen MR) is 144 cm³/mol. The molecule has 5 aliphatic rings. The van der Waals surface area contributed by atoms with Gasteiger partial charge in [0.15, 0.2) is 18.3 Å². The number of methoxy groups -OCH3 is 2. The summed E-state index contributed by atoms with van der Waals surface area (Å²) in [5, 5.41) is 40.8. The number of carbonyl (C=O) groups is 2. The molecule has 2 aliphatic heterocycles. The van der Waals surface area contributed by atoms with Crippen LogP contribution in [0.5, 0.6) is 0 Å². The molecule has 0 aromatic carbocycles. The Morgan fingerprint density at radius 2 is 1.71 bits per heavy atom. The maximum absolute atomic E-state index is 14.2. The monoisotopic (exact) mass is 598 g/mol. The van der Waals surface area contributed by atoms with Crippen LogP contribution in [0.25, 0.3) is 0 Å². The summed E-state index contributed by atoms with van der Waals surface area (Å²) < 4.78 is 36.0. The molecule has 0 radical (unpaired) electrons. The quantitative estimate of drug-likeness (QED) is 0.313. The minimum absolute atomic E-state index is 0.0562. The van der Waals surface area contributed by atoms with Gasteiger partial charge in [-0.25, -0.2) is 0 Å². The number of aliphatic hydroxyl groups is 4. The Morgan fingerprint density at radius 3 is 2.31 bits per heavy atom. The van der Waals surface area contributed by atoms with Gasteiger partial charge in [0, 0.05) is 37.2 Å². The van der Waals surface area contributed by atoms with E-state index in [1.54, 1.807) is 7.11 Å². The minimum Gasteiger partial charge on any atom is -0.493 e. The second-order valence-electron chi connectivity index (χ2n) is 13.3. The van der Waals surface area contributed by atoms with Crippen LogP contribution in [-0.4, -0.2) is 108 Å². The number of fused-ring (bicyclic) bond motifs is 2. The number of hydrogen-bond acceptors (Lipinski definition) is 12. The van der Waals surface area contributed by atoms with Gasteiger partial charge in [0.2, 0.25) is 5.78 Å². The highest BCUT2D eigenvalue weighted by atomic mass is 16.8. The maximum atomic E-state index is 14.2. The van der Waals surface area contributed by atoms with E-state index in [0.717, 1.165) is 0 Å². The molecule has 3 aliphatic carbocycles. The Morgan fingerprint density at radius 1 is 1.02 bits per heavy atom.